The summed E-state index contributed by atoms with van der Waals surface area (Å²) in [6.45, 7) is 0. The van der Waals surface area contributed by atoms with Gasteiger partial charge in [-0.1, -0.05) is 0 Å². The molecule has 0 unspecified atom stereocenters. The summed E-state index contributed by atoms with van der Waals surface area (Å²) in [6, 6.07) is 0. The van der Waals surface area contributed by atoms with E-state index in [1.165, 1.54) is 0 Å². The Labute approximate surface area is 58.5 Å². The van der Waals surface area contributed by atoms with E-state index in [-0.39, 0.29) is 0 Å². The van der Waals surface area contributed by atoms with Gasteiger partial charge in [0, 0.05) is 0 Å². The van der Waals surface area contributed by atoms with Crippen LogP contribution in [0.5, 0.6) is 0 Å². The minimum atomic E-state index is -4.67. The molecule has 6 nitrogen and oxygen atoms in total. The molecule has 58 valence electrons. The SMILES string of the molecule is N[SiH2]O[SiH3].O=S(=O)(O)O. The smallest absolute Gasteiger partial charge is 0.394 e. The zero-order valence-electron chi connectivity index (χ0n) is 4.81. The molecule has 0 radical (unpaired) electrons. The molecule has 0 heterocycles. The Bertz CT molecular complexity index is 118. The second-order valence-corrected chi connectivity index (χ2v) is 4.44. The highest BCUT2D eigenvalue weighted by Crippen LogP contribution is 1.59. The molecule has 0 aliphatic heterocycles. The predicted molar refractivity (Wildman–Crippen MR) is 37.9 cm³/mol. The van der Waals surface area contributed by atoms with Gasteiger partial charge in [-0.15, -0.1) is 0 Å². The van der Waals surface area contributed by atoms with Crippen LogP contribution in [0.25, 0.3) is 0 Å². The second-order valence-electron chi connectivity index (χ2n) is 0.903. The van der Waals surface area contributed by atoms with Gasteiger partial charge in [-0.05, 0) is 0 Å². The van der Waals surface area contributed by atoms with Gasteiger partial charge in [-0.2, -0.15) is 8.42 Å². The Morgan fingerprint density at radius 1 is 1.56 bits per heavy atom. The zero-order chi connectivity index (χ0) is 7.91. The first kappa shape index (κ1) is 12.0. The maximum Gasteiger partial charge on any atom is 0.394 e. The first-order chi connectivity index (χ1) is 3.91. The van der Waals surface area contributed by atoms with E-state index in [4.69, 9.17) is 22.9 Å². The monoisotopic (exact) mass is 191 g/mol. The molecule has 0 spiro atoms. The molecule has 0 rings (SSSR count). The molecule has 9 heavy (non-hydrogen) atoms. The summed E-state index contributed by atoms with van der Waals surface area (Å²) < 4.78 is 36.2. The quantitative estimate of drug-likeness (QED) is 0.294. The van der Waals surface area contributed by atoms with E-state index in [0.717, 1.165) is 10.5 Å². The Hall–Kier alpha value is 0.224. The van der Waals surface area contributed by atoms with Crippen LogP contribution in [-0.2, 0) is 14.5 Å². The van der Waals surface area contributed by atoms with Gasteiger partial charge in [-0.25, -0.2) is 0 Å². The van der Waals surface area contributed by atoms with Crippen molar-refractivity contribution in [2.45, 2.75) is 0 Å². The summed E-state index contributed by atoms with van der Waals surface area (Å²) in [6.07, 6.45) is 0. The maximum atomic E-state index is 8.74. The van der Waals surface area contributed by atoms with Crippen molar-refractivity contribution in [2.24, 2.45) is 5.40 Å². The van der Waals surface area contributed by atoms with Crippen LogP contribution in [0.1, 0.15) is 0 Å². The van der Waals surface area contributed by atoms with Crippen molar-refractivity contribution in [3.63, 3.8) is 0 Å². The van der Waals surface area contributed by atoms with E-state index in [0.29, 0.717) is 0 Å². The van der Waals surface area contributed by atoms with Crippen LogP contribution >= 0.6 is 0 Å². The molecular formula is H9NO5SSi2. The number of hydrogen-bond donors (Lipinski definition) is 3. The van der Waals surface area contributed by atoms with Crippen molar-refractivity contribution < 1.29 is 21.6 Å². The Morgan fingerprint density at radius 3 is 1.67 bits per heavy atom. The van der Waals surface area contributed by atoms with Crippen LogP contribution in [0, 0.1) is 0 Å². The van der Waals surface area contributed by atoms with E-state index in [1.54, 1.807) is 0 Å². The first-order valence-electron chi connectivity index (χ1n) is 1.80. The van der Waals surface area contributed by atoms with Crippen LogP contribution < -0.4 is 5.40 Å². The number of nitrogens with two attached hydrogens (primary N) is 1. The van der Waals surface area contributed by atoms with Crippen molar-refractivity contribution >= 4 is 30.8 Å². The van der Waals surface area contributed by atoms with Crippen molar-refractivity contribution in [1.29, 1.82) is 0 Å². The summed E-state index contributed by atoms with van der Waals surface area (Å²) in [7, 11) is -4.35. The topological polar surface area (TPSA) is 110 Å². The molecule has 0 atom stereocenters. The molecule has 0 bridgehead atoms. The molecule has 0 saturated carbocycles. The normalized spacial score (nSPS) is 11.4. The summed E-state index contributed by atoms with van der Waals surface area (Å²) in [5.41, 5.74) is 0. The van der Waals surface area contributed by atoms with Gasteiger partial charge in [0.2, 0.25) is 9.92 Å². The highest BCUT2D eigenvalue weighted by molar-refractivity contribution is 7.79. The summed E-state index contributed by atoms with van der Waals surface area (Å²) in [5, 5.41) is 4.98. The fraction of sp³-hybridized carbons (Fsp3) is 0. The molecular weight excluding hydrogens is 182 g/mol. The van der Waals surface area contributed by atoms with E-state index in [1.807, 2.05) is 0 Å². The number of hydrogen-bond acceptors (Lipinski definition) is 4. The Balaban J connectivity index is 0. The summed E-state index contributed by atoms with van der Waals surface area (Å²) >= 11 is 0. The largest absolute Gasteiger partial charge is 0.457 e. The Morgan fingerprint density at radius 2 is 1.67 bits per heavy atom. The summed E-state index contributed by atoms with van der Waals surface area (Å²) in [4.78, 5) is 0. The van der Waals surface area contributed by atoms with Gasteiger partial charge in [0.1, 0.15) is 10.5 Å². The minimum Gasteiger partial charge on any atom is -0.457 e. The lowest BCUT2D eigenvalue weighted by atomic mass is 13.9. The molecule has 0 aromatic carbocycles. The Kier molecular flexibility index (Phi) is 8.43. The highest BCUT2D eigenvalue weighted by Gasteiger charge is 1.84. The lowest BCUT2D eigenvalue weighted by Gasteiger charge is -1.76. The zero-order valence-corrected chi connectivity index (χ0v) is 9.04. The number of rotatable bonds is 1. The van der Waals surface area contributed by atoms with Crippen LogP contribution in [-0.4, -0.2) is 37.9 Å². The lowest BCUT2D eigenvalue weighted by molar-refractivity contribution is 0.381. The van der Waals surface area contributed by atoms with Gasteiger partial charge >= 0.3 is 10.4 Å². The average Bonchev–Trinajstić information content (AvgIpc) is 1.61. The molecule has 0 aliphatic carbocycles. The molecule has 9 heteroatoms. The molecule has 0 amide bonds. The van der Waals surface area contributed by atoms with Gasteiger partial charge in [-0.3, -0.25) is 9.11 Å². The molecule has 0 aromatic heterocycles. The third-order valence-corrected chi connectivity index (χ3v) is 1.50. The van der Waals surface area contributed by atoms with Crippen LogP contribution in [0.4, 0.5) is 0 Å². The second kappa shape index (κ2) is 6.35. The third kappa shape index (κ3) is 213. The minimum absolute atomic E-state index is 0.514. The highest BCUT2D eigenvalue weighted by atomic mass is 32.3. The van der Waals surface area contributed by atoms with Gasteiger partial charge in [0.05, 0.1) is 0 Å². The lowest BCUT2D eigenvalue weighted by Crippen LogP contribution is -2.06. The van der Waals surface area contributed by atoms with Crippen molar-refractivity contribution in [3.05, 3.63) is 0 Å². The summed E-state index contributed by atoms with van der Waals surface area (Å²) in [5.74, 6) is 0. The third-order valence-electron chi connectivity index (χ3n) is 0.167. The van der Waals surface area contributed by atoms with Crippen molar-refractivity contribution in [1.82, 2.24) is 0 Å². The van der Waals surface area contributed by atoms with E-state index in [9.17, 15) is 0 Å². The maximum absolute atomic E-state index is 8.74. The van der Waals surface area contributed by atoms with Gasteiger partial charge in [0.25, 0.3) is 0 Å². The predicted octanol–water partition coefficient (Wildman–Crippen LogP) is -3.41. The standard InChI is InChI=1S/H7NOSi2.H2O4S/c1-4-2-3;1-5(2,3)4/h1,4H2,3H3;(H2,1,2,3,4). The molecule has 0 saturated heterocycles. The van der Waals surface area contributed by atoms with Crippen molar-refractivity contribution in [3.8, 4) is 0 Å². The van der Waals surface area contributed by atoms with Gasteiger partial charge < -0.3 is 9.51 Å². The molecule has 0 fully saturated rings. The van der Waals surface area contributed by atoms with Crippen LogP contribution in [0.2, 0.25) is 0 Å². The van der Waals surface area contributed by atoms with E-state index in [2.05, 4.69) is 4.12 Å². The molecule has 4 N–H and O–H groups in total. The fourth-order valence-electron chi connectivity index (χ4n) is 0. The molecule has 0 aliphatic rings. The van der Waals surface area contributed by atoms with E-state index >= 15 is 0 Å². The van der Waals surface area contributed by atoms with Crippen LogP contribution in [0.15, 0.2) is 0 Å². The first-order valence-corrected chi connectivity index (χ1v) is 5.41. The van der Waals surface area contributed by atoms with E-state index < -0.39 is 20.3 Å². The van der Waals surface area contributed by atoms with Crippen LogP contribution in [0.3, 0.4) is 0 Å². The fourth-order valence-corrected chi connectivity index (χ4v) is 0. The average molecular weight is 191 g/mol. The van der Waals surface area contributed by atoms with Crippen molar-refractivity contribution in [2.75, 3.05) is 0 Å². The molecule has 0 aromatic rings. The van der Waals surface area contributed by atoms with Gasteiger partial charge in [0.15, 0.2) is 0 Å².